The molecule has 0 unspecified atom stereocenters. The molecular weight excluding hydrogens is 390 g/mol. The second kappa shape index (κ2) is 7.06. The van der Waals surface area contributed by atoms with Crippen molar-refractivity contribution in [2.24, 2.45) is 0 Å². The first-order chi connectivity index (χ1) is 14.2. The molecule has 5 aromatic rings. The molecular formula is C21H15N3O4S. The second-order valence-corrected chi connectivity index (χ2v) is 7.33. The third-order valence-electron chi connectivity index (χ3n) is 4.56. The first-order valence-electron chi connectivity index (χ1n) is 9.00. The molecule has 2 aromatic carbocycles. The summed E-state index contributed by atoms with van der Waals surface area (Å²) in [5, 5.41) is 6.09. The Labute approximate surface area is 168 Å². The Bertz CT molecular complexity index is 1360. The quantitative estimate of drug-likeness (QED) is 0.465. The summed E-state index contributed by atoms with van der Waals surface area (Å²) in [4.78, 5) is 28.7. The van der Waals surface area contributed by atoms with E-state index >= 15 is 0 Å². The summed E-state index contributed by atoms with van der Waals surface area (Å²) in [5.41, 5.74) is 2.64. The van der Waals surface area contributed by atoms with Crippen molar-refractivity contribution in [2.45, 2.75) is 13.0 Å². The molecule has 0 aliphatic carbocycles. The van der Waals surface area contributed by atoms with Gasteiger partial charge in [-0.2, -0.15) is 0 Å². The molecule has 0 radical (unpaired) electrons. The number of carbonyl (C=O) groups is 1. The van der Waals surface area contributed by atoms with Crippen LogP contribution in [0.25, 0.3) is 33.5 Å². The predicted molar refractivity (Wildman–Crippen MR) is 111 cm³/mol. The third-order valence-corrected chi connectivity index (χ3v) is 5.32. The van der Waals surface area contributed by atoms with Gasteiger partial charge in [0.2, 0.25) is 5.91 Å². The molecule has 29 heavy (non-hydrogen) atoms. The molecule has 0 bridgehead atoms. The van der Waals surface area contributed by atoms with Crippen LogP contribution in [0, 0.1) is 0 Å². The van der Waals surface area contributed by atoms with E-state index in [-0.39, 0.29) is 18.9 Å². The maximum atomic E-state index is 12.3. The number of nitrogens with one attached hydrogen (secondary N) is 1. The molecule has 0 spiro atoms. The summed E-state index contributed by atoms with van der Waals surface area (Å²) in [7, 11) is 0. The highest BCUT2D eigenvalue weighted by atomic mass is 32.1. The van der Waals surface area contributed by atoms with Crippen LogP contribution >= 0.6 is 11.3 Å². The van der Waals surface area contributed by atoms with Gasteiger partial charge < -0.3 is 14.2 Å². The van der Waals surface area contributed by atoms with Crippen molar-refractivity contribution < 1.29 is 13.6 Å². The Hall–Kier alpha value is -3.65. The summed E-state index contributed by atoms with van der Waals surface area (Å²) >= 11 is 1.32. The number of oxazole rings is 1. The molecule has 0 aliphatic heterocycles. The monoisotopic (exact) mass is 405 g/mol. The molecule has 7 nitrogen and oxygen atoms in total. The van der Waals surface area contributed by atoms with E-state index < -0.39 is 5.76 Å². The highest BCUT2D eigenvalue weighted by Crippen LogP contribution is 2.30. The van der Waals surface area contributed by atoms with Gasteiger partial charge in [-0.1, -0.05) is 30.3 Å². The molecule has 0 saturated carbocycles. The largest absolute Gasteiger partial charge is 0.454 e. The van der Waals surface area contributed by atoms with Crippen LogP contribution in [-0.4, -0.2) is 15.5 Å². The first kappa shape index (κ1) is 17.4. The highest BCUT2D eigenvalue weighted by Gasteiger charge is 2.13. The van der Waals surface area contributed by atoms with Crippen molar-refractivity contribution in [1.29, 1.82) is 0 Å². The first-order valence-corrected chi connectivity index (χ1v) is 9.88. The minimum atomic E-state index is -0.472. The van der Waals surface area contributed by atoms with Crippen molar-refractivity contribution in [3.8, 4) is 11.5 Å². The number of aromatic nitrogens is 2. The number of benzene rings is 2. The molecule has 0 fully saturated rings. The summed E-state index contributed by atoms with van der Waals surface area (Å²) in [5.74, 6) is -0.0486. The van der Waals surface area contributed by atoms with Crippen LogP contribution in [0.2, 0.25) is 0 Å². The molecule has 0 aliphatic rings. The van der Waals surface area contributed by atoms with E-state index in [1.165, 1.54) is 15.9 Å². The maximum Gasteiger partial charge on any atom is 0.419 e. The van der Waals surface area contributed by atoms with Crippen LogP contribution < -0.4 is 11.1 Å². The van der Waals surface area contributed by atoms with E-state index in [1.54, 1.807) is 18.2 Å². The zero-order valence-electron chi connectivity index (χ0n) is 15.1. The van der Waals surface area contributed by atoms with Crippen LogP contribution in [-0.2, 0) is 11.3 Å². The summed E-state index contributed by atoms with van der Waals surface area (Å²) < 4.78 is 12.4. The fraction of sp³-hybridized carbons (Fsp3) is 0.0952. The summed E-state index contributed by atoms with van der Waals surface area (Å²) in [6.45, 7) is 0.226. The van der Waals surface area contributed by atoms with Crippen LogP contribution in [0.3, 0.4) is 0 Å². The highest BCUT2D eigenvalue weighted by molar-refractivity contribution is 7.14. The van der Waals surface area contributed by atoms with Gasteiger partial charge in [-0.05, 0) is 24.3 Å². The molecule has 0 saturated heterocycles. The maximum absolute atomic E-state index is 12.3. The number of anilines is 1. The molecule has 1 N–H and O–H groups in total. The fourth-order valence-corrected chi connectivity index (χ4v) is 3.89. The van der Waals surface area contributed by atoms with Crippen LogP contribution in [0.5, 0.6) is 0 Å². The van der Waals surface area contributed by atoms with Gasteiger partial charge in [0.1, 0.15) is 11.3 Å². The van der Waals surface area contributed by atoms with Crippen LogP contribution in [0.4, 0.5) is 5.13 Å². The number of hydrogen-bond acceptors (Lipinski definition) is 6. The number of rotatable bonds is 5. The Morgan fingerprint density at radius 3 is 2.72 bits per heavy atom. The lowest BCUT2D eigenvalue weighted by molar-refractivity contribution is -0.116. The summed E-state index contributed by atoms with van der Waals surface area (Å²) in [6.07, 6.45) is 0.128. The van der Waals surface area contributed by atoms with Gasteiger partial charge in [0.05, 0.1) is 5.52 Å². The molecule has 3 aromatic heterocycles. The lowest BCUT2D eigenvalue weighted by atomic mass is 10.2. The van der Waals surface area contributed by atoms with Crippen molar-refractivity contribution in [3.05, 3.63) is 70.5 Å². The summed E-state index contributed by atoms with van der Waals surface area (Å²) in [6, 6.07) is 16.8. The van der Waals surface area contributed by atoms with Gasteiger partial charge in [-0.25, -0.2) is 9.78 Å². The molecule has 5 rings (SSSR count). The number of aryl methyl sites for hydroxylation is 1. The van der Waals surface area contributed by atoms with Gasteiger partial charge in [0.25, 0.3) is 0 Å². The standard InChI is InChI=1S/C21H15N3O4S/c25-19(9-10-24-15-6-2-4-8-17(15)28-21(24)26)23-20-22-14(12-29-20)18-11-13-5-1-3-7-16(13)27-18/h1-8,11-12H,9-10H2,(H,22,23,25). The average molecular weight is 405 g/mol. The van der Waals surface area contributed by atoms with Crippen LogP contribution in [0.15, 0.2) is 73.6 Å². The van der Waals surface area contributed by atoms with E-state index in [4.69, 9.17) is 8.83 Å². The Kier molecular flexibility index (Phi) is 4.25. The lowest BCUT2D eigenvalue weighted by Gasteiger charge is -2.02. The van der Waals surface area contributed by atoms with Gasteiger partial charge in [-0.3, -0.25) is 9.36 Å². The average Bonchev–Trinajstić information content (AvgIpc) is 3.42. The van der Waals surface area contributed by atoms with Gasteiger partial charge in [0, 0.05) is 23.7 Å². The lowest BCUT2D eigenvalue weighted by Crippen LogP contribution is -2.19. The molecule has 144 valence electrons. The van der Waals surface area contributed by atoms with E-state index in [0.717, 1.165) is 11.0 Å². The number of fused-ring (bicyclic) bond motifs is 2. The number of carbonyl (C=O) groups excluding carboxylic acids is 1. The number of para-hydroxylation sites is 3. The minimum absolute atomic E-state index is 0.128. The van der Waals surface area contributed by atoms with E-state index in [0.29, 0.717) is 27.7 Å². The van der Waals surface area contributed by atoms with E-state index in [1.807, 2.05) is 41.8 Å². The Morgan fingerprint density at radius 1 is 1.07 bits per heavy atom. The van der Waals surface area contributed by atoms with E-state index in [9.17, 15) is 9.59 Å². The molecule has 3 heterocycles. The number of thiazole rings is 1. The number of hydrogen-bond donors (Lipinski definition) is 1. The van der Waals surface area contributed by atoms with Crippen molar-refractivity contribution in [1.82, 2.24) is 9.55 Å². The zero-order valence-corrected chi connectivity index (χ0v) is 15.9. The molecule has 0 atom stereocenters. The minimum Gasteiger partial charge on any atom is -0.454 e. The van der Waals surface area contributed by atoms with Gasteiger partial charge in [0.15, 0.2) is 16.5 Å². The number of furan rings is 1. The second-order valence-electron chi connectivity index (χ2n) is 6.47. The molecule has 8 heteroatoms. The van der Waals surface area contributed by atoms with Gasteiger partial charge >= 0.3 is 5.76 Å². The normalized spacial score (nSPS) is 11.3. The van der Waals surface area contributed by atoms with Crippen molar-refractivity contribution in [2.75, 3.05) is 5.32 Å². The molecule has 1 amide bonds. The third kappa shape index (κ3) is 3.34. The number of nitrogens with zero attached hydrogens (tertiary/aromatic N) is 2. The smallest absolute Gasteiger partial charge is 0.419 e. The fourth-order valence-electron chi connectivity index (χ4n) is 3.17. The SMILES string of the molecule is O=C(CCn1c(=O)oc2ccccc21)Nc1nc(-c2cc3ccccc3o2)cs1. The Morgan fingerprint density at radius 2 is 1.86 bits per heavy atom. The number of amides is 1. The van der Waals surface area contributed by atoms with Crippen molar-refractivity contribution >= 4 is 44.4 Å². The van der Waals surface area contributed by atoms with Gasteiger partial charge in [-0.15, -0.1) is 11.3 Å². The Balaban J connectivity index is 1.28. The van der Waals surface area contributed by atoms with Crippen LogP contribution in [0.1, 0.15) is 6.42 Å². The van der Waals surface area contributed by atoms with Crippen molar-refractivity contribution in [3.63, 3.8) is 0 Å². The van der Waals surface area contributed by atoms with E-state index in [2.05, 4.69) is 10.3 Å². The topological polar surface area (TPSA) is 90.3 Å². The zero-order chi connectivity index (χ0) is 19.8. The predicted octanol–water partition coefficient (Wildman–Crippen LogP) is 4.49.